The van der Waals surface area contributed by atoms with E-state index in [2.05, 4.69) is 23.7 Å². The maximum Gasteiger partial charge on any atom is 0.441 e. The first-order valence-corrected chi connectivity index (χ1v) is 13.9. The number of anilines is 1. The summed E-state index contributed by atoms with van der Waals surface area (Å²) in [6.07, 6.45) is 1.59. The number of ether oxygens (including phenoxy) is 1. The lowest BCUT2D eigenvalue weighted by Gasteiger charge is -2.45. The van der Waals surface area contributed by atoms with Gasteiger partial charge in [0.2, 0.25) is 5.15 Å². The van der Waals surface area contributed by atoms with Crippen LogP contribution in [0.25, 0.3) is 16.7 Å². The molecule has 0 aliphatic carbocycles. The molecular weight excluding hydrogens is 527 g/mol. The van der Waals surface area contributed by atoms with Crippen LogP contribution >= 0.6 is 23.2 Å². The van der Waals surface area contributed by atoms with E-state index in [1.54, 1.807) is 15.5 Å². The highest BCUT2D eigenvalue weighted by Gasteiger charge is 2.44. The van der Waals surface area contributed by atoms with Crippen LogP contribution in [0.3, 0.4) is 0 Å². The number of rotatable bonds is 1. The Morgan fingerprint density at radius 3 is 2.34 bits per heavy atom. The molecule has 2 aromatic heterocycles. The van der Waals surface area contributed by atoms with Gasteiger partial charge in [0.05, 0.1) is 0 Å². The number of nitrogens with zero attached hydrogens (tertiary/aromatic N) is 6. The zero-order chi connectivity index (χ0) is 27.8. The van der Waals surface area contributed by atoms with Gasteiger partial charge in [0, 0.05) is 43.2 Å². The highest BCUT2D eigenvalue weighted by Crippen LogP contribution is 2.41. The first-order valence-electron chi connectivity index (χ1n) is 13.1. The third-order valence-electron chi connectivity index (χ3n) is 7.76. The Morgan fingerprint density at radius 1 is 1.11 bits per heavy atom. The molecular formula is C27H35Cl2N6O3+. The summed E-state index contributed by atoms with van der Waals surface area (Å²) < 4.78 is 9.17. The lowest BCUT2D eigenvalue weighted by Crippen LogP contribution is -2.59. The number of hydrogen-bond acceptors (Lipinski definition) is 6. The fourth-order valence-electron chi connectivity index (χ4n) is 5.89. The van der Waals surface area contributed by atoms with E-state index >= 15 is 0 Å². The second-order valence-electron chi connectivity index (χ2n) is 11.8. The molecule has 1 saturated heterocycles. The number of pyridine rings is 1. The van der Waals surface area contributed by atoms with Gasteiger partial charge in [-0.15, -0.1) is 4.57 Å². The zero-order valence-electron chi connectivity index (χ0n) is 23.1. The van der Waals surface area contributed by atoms with E-state index in [1.165, 1.54) is 0 Å². The number of hydrogen-bond donors (Lipinski definition) is 0. The number of carbonyl (C=O) groups excluding carboxylic acids is 1. The van der Waals surface area contributed by atoms with Crippen molar-refractivity contribution in [3.63, 3.8) is 0 Å². The van der Waals surface area contributed by atoms with Crippen molar-refractivity contribution in [2.45, 2.75) is 79.1 Å². The summed E-state index contributed by atoms with van der Waals surface area (Å²) in [5.74, 6) is 0.767. The lowest BCUT2D eigenvalue weighted by molar-refractivity contribution is -0.687. The number of aliphatic imine (C=N–C) groups is 1. The topological polar surface area (TPSA) is 83.9 Å². The molecule has 1 fully saturated rings. The highest BCUT2D eigenvalue weighted by molar-refractivity contribution is 6.41. The summed E-state index contributed by atoms with van der Waals surface area (Å²) in [5.41, 5.74) is 1.34. The maximum atomic E-state index is 13.8. The smallest absolute Gasteiger partial charge is 0.441 e. The molecule has 2 aromatic rings. The van der Waals surface area contributed by atoms with Crippen LogP contribution in [-0.4, -0.2) is 57.5 Å². The summed E-state index contributed by atoms with van der Waals surface area (Å²) in [4.78, 5) is 39.9. The van der Waals surface area contributed by atoms with Gasteiger partial charge < -0.3 is 14.5 Å². The standard InChI is InChI=1S/C27H35Cl2N6O3/c1-13-10-30-20-17(5)34-22(29)19(28)9-18-23(31-25(36)35(24(18)34)21(20)16(13)4)33-14(2)11-32(12-15(33)3)26(37)38-27(6,7)8/h9-10,13-17H,11-12H2,1-8H3/q+1/t13?,14-,15-,16?,17?/m0/s1. The van der Waals surface area contributed by atoms with Crippen LogP contribution in [0.15, 0.2) is 21.6 Å². The summed E-state index contributed by atoms with van der Waals surface area (Å²) >= 11 is 13.5. The van der Waals surface area contributed by atoms with Crippen molar-refractivity contribution >= 4 is 58.1 Å². The predicted molar refractivity (Wildman–Crippen MR) is 150 cm³/mol. The summed E-state index contributed by atoms with van der Waals surface area (Å²) in [6.45, 7) is 16.7. The van der Waals surface area contributed by atoms with Crippen molar-refractivity contribution in [1.82, 2.24) is 14.5 Å². The van der Waals surface area contributed by atoms with E-state index in [0.717, 1.165) is 16.8 Å². The highest BCUT2D eigenvalue weighted by atomic mass is 35.5. The van der Waals surface area contributed by atoms with Crippen molar-refractivity contribution in [3.05, 3.63) is 32.4 Å². The molecule has 204 valence electrons. The molecule has 0 saturated carbocycles. The van der Waals surface area contributed by atoms with Gasteiger partial charge in [0.15, 0.2) is 5.82 Å². The zero-order valence-corrected chi connectivity index (χ0v) is 24.6. The van der Waals surface area contributed by atoms with Crippen LogP contribution in [0.5, 0.6) is 0 Å². The Hall–Kier alpha value is -2.65. The third-order valence-corrected chi connectivity index (χ3v) is 8.54. The van der Waals surface area contributed by atoms with Crippen LogP contribution in [-0.2, 0) is 4.74 Å². The van der Waals surface area contributed by atoms with Crippen molar-refractivity contribution < 1.29 is 14.1 Å². The number of aromatic nitrogens is 3. The Kier molecular flexibility index (Phi) is 6.54. The van der Waals surface area contributed by atoms with Crippen LogP contribution < -0.4 is 15.2 Å². The molecule has 0 aromatic carbocycles. The number of piperazine rings is 1. The second kappa shape index (κ2) is 9.23. The number of fused-ring (bicyclic) bond motifs is 1. The van der Waals surface area contributed by atoms with Gasteiger partial charge in [0.25, 0.3) is 0 Å². The van der Waals surface area contributed by atoms with Gasteiger partial charge in [-0.25, -0.2) is 14.2 Å². The monoisotopic (exact) mass is 561 g/mol. The van der Waals surface area contributed by atoms with Crippen molar-refractivity contribution in [2.75, 3.05) is 18.0 Å². The van der Waals surface area contributed by atoms with Crippen molar-refractivity contribution in [3.8, 4) is 0 Å². The molecule has 5 rings (SSSR count). The Bertz CT molecular complexity index is 1450. The van der Waals surface area contributed by atoms with E-state index in [9.17, 15) is 9.59 Å². The van der Waals surface area contributed by atoms with E-state index < -0.39 is 5.60 Å². The molecule has 3 unspecified atom stereocenters. The lowest BCUT2D eigenvalue weighted by atomic mass is 9.88. The number of amides is 1. The molecule has 11 heteroatoms. The first kappa shape index (κ1) is 26.9. The normalized spacial score (nSPS) is 27.2. The van der Waals surface area contributed by atoms with Gasteiger partial charge in [0.1, 0.15) is 33.4 Å². The average molecular weight is 563 g/mol. The van der Waals surface area contributed by atoms with Crippen molar-refractivity contribution in [1.29, 1.82) is 0 Å². The molecule has 0 N–H and O–H groups in total. The maximum absolute atomic E-state index is 13.8. The molecule has 3 aliphatic heterocycles. The van der Waals surface area contributed by atoms with Gasteiger partial charge in [-0.3, -0.25) is 4.99 Å². The minimum Gasteiger partial charge on any atom is -0.444 e. The molecule has 0 bridgehead atoms. The first-order chi connectivity index (χ1) is 17.7. The number of halogens is 2. The van der Waals surface area contributed by atoms with E-state index in [-0.39, 0.29) is 41.7 Å². The summed E-state index contributed by atoms with van der Waals surface area (Å²) in [7, 11) is 0. The quantitative estimate of drug-likeness (QED) is 0.364. The van der Waals surface area contributed by atoms with Gasteiger partial charge in [-0.1, -0.05) is 25.4 Å². The molecule has 5 atom stereocenters. The van der Waals surface area contributed by atoms with Gasteiger partial charge in [-0.05, 0) is 59.2 Å². The molecule has 0 radical (unpaired) electrons. The molecule has 38 heavy (non-hydrogen) atoms. The molecule has 0 spiro atoms. The van der Waals surface area contributed by atoms with E-state index in [4.69, 9.17) is 32.9 Å². The minimum atomic E-state index is -0.581. The summed E-state index contributed by atoms with van der Waals surface area (Å²) in [6, 6.07) is 1.31. The third kappa shape index (κ3) is 4.18. The number of allylic oxidation sites excluding steroid dienone is 2. The fraction of sp³-hybridized carbons (Fsp3) is 0.593. The number of carbonyl (C=O) groups is 1. The Balaban J connectivity index is 1.67. The Morgan fingerprint density at radius 2 is 1.74 bits per heavy atom. The van der Waals surface area contributed by atoms with E-state index in [0.29, 0.717) is 34.7 Å². The van der Waals surface area contributed by atoms with Gasteiger partial charge >= 0.3 is 17.4 Å². The summed E-state index contributed by atoms with van der Waals surface area (Å²) in [5, 5.41) is 1.45. The minimum absolute atomic E-state index is 0.0666. The van der Waals surface area contributed by atoms with Crippen LogP contribution in [0.1, 0.15) is 61.4 Å². The molecule has 3 aliphatic rings. The molecule has 5 heterocycles. The second-order valence-corrected chi connectivity index (χ2v) is 12.6. The van der Waals surface area contributed by atoms with Gasteiger partial charge in [-0.2, -0.15) is 4.98 Å². The molecule has 1 amide bonds. The Labute approximate surface area is 232 Å². The average Bonchev–Trinajstić information content (AvgIpc) is 2.80. The fourth-order valence-corrected chi connectivity index (χ4v) is 6.37. The van der Waals surface area contributed by atoms with Crippen LogP contribution in [0.2, 0.25) is 10.2 Å². The van der Waals surface area contributed by atoms with Crippen LogP contribution in [0, 0.1) is 11.8 Å². The SMILES string of the molecule is CC1C=NC2=C(C1C)n1c(=O)nc(N3[C@@H](C)CN(C(=O)OC(C)(C)C)C[C@@H]3C)c3cc(Cl)c(Cl)[n+](c31)C2C. The largest absolute Gasteiger partial charge is 0.444 e. The predicted octanol–water partition coefficient (Wildman–Crippen LogP) is 4.92. The van der Waals surface area contributed by atoms with Crippen LogP contribution in [0.4, 0.5) is 10.6 Å². The molecule has 9 nitrogen and oxygen atoms in total. The van der Waals surface area contributed by atoms with Crippen molar-refractivity contribution in [2.24, 2.45) is 16.8 Å². The van der Waals surface area contributed by atoms with E-state index in [1.807, 2.05) is 52.3 Å².